The van der Waals surface area contributed by atoms with Crippen LogP contribution in [0.5, 0.6) is 0 Å². The van der Waals surface area contributed by atoms with Gasteiger partial charge in [0.15, 0.2) is 5.78 Å². The summed E-state index contributed by atoms with van der Waals surface area (Å²) in [6.45, 7) is 1.62. The molecule has 1 aliphatic rings. The summed E-state index contributed by atoms with van der Waals surface area (Å²) in [6, 6.07) is 8.33. The zero-order valence-corrected chi connectivity index (χ0v) is 9.12. The molecule has 0 amide bonds. The third kappa shape index (κ3) is 2.38. The molecule has 2 nitrogen and oxygen atoms in total. The topological polar surface area (TPSA) is 29.1 Å². The third-order valence-electron chi connectivity index (χ3n) is 3.02. The average molecular weight is 203 g/mol. The smallest absolute Gasteiger partial charge is 0.161 e. The van der Waals surface area contributed by atoms with Gasteiger partial charge in [-0.05, 0) is 31.9 Å². The van der Waals surface area contributed by atoms with Gasteiger partial charge in [0.1, 0.15) is 0 Å². The number of hydrogen-bond acceptors (Lipinski definition) is 2. The van der Waals surface area contributed by atoms with E-state index in [4.69, 9.17) is 0 Å². The summed E-state index contributed by atoms with van der Waals surface area (Å²) < 4.78 is 0. The molecular weight excluding hydrogens is 186 g/mol. The predicted molar refractivity (Wildman–Crippen MR) is 62.3 cm³/mol. The van der Waals surface area contributed by atoms with Gasteiger partial charge < -0.3 is 5.32 Å². The highest BCUT2D eigenvalue weighted by Gasteiger charge is 2.16. The zero-order valence-electron chi connectivity index (χ0n) is 9.12. The fourth-order valence-corrected chi connectivity index (χ4v) is 2.21. The van der Waals surface area contributed by atoms with Gasteiger partial charge in [0.05, 0.1) is 0 Å². The maximum Gasteiger partial charge on any atom is 0.161 e. The van der Waals surface area contributed by atoms with Crippen LogP contribution in [-0.4, -0.2) is 11.8 Å². The van der Waals surface area contributed by atoms with Crippen molar-refractivity contribution in [3.63, 3.8) is 0 Å². The van der Waals surface area contributed by atoms with Crippen molar-refractivity contribution in [2.45, 2.75) is 38.6 Å². The molecule has 1 aliphatic carbocycles. The minimum Gasteiger partial charge on any atom is -0.382 e. The van der Waals surface area contributed by atoms with Crippen molar-refractivity contribution in [3.8, 4) is 0 Å². The van der Waals surface area contributed by atoms with Crippen molar-refractivity contribution in [2.75, 3.05) is 5.32 Å². The molecule has 0 aromatic heterocycles. The Hall–Kier alpha value is -1.31. The Morgan fingerprint density at radius 3 is 2.60 bits per heavy atom. The molecule has 0 aliphatic heterocycles. The van der Waals surface area contributed by atoms with Crippen LogP contribution in [0, 0.1) is 0 Å². The van der Waals surface area contributed by atoms with Gasteiger partial charge in [-0.15, -0.1) is 0 Å². The summed E-state index contributed by atoms with van der Waals surface area (Å²) in [4.78, 5) is 11.4. The summed E-state index contributed by atoms with van der Waals surface area (Å²) in [5.41, 5.74) is 1.81. The first-order valence-corrected chi connectivity index (χ1v) is 5.64. The standard InChI is InChI=1S/C13H17NO/c1-10(15)12-8-4-5-9-13(12)14-11-6-2-3-7-11/h4-5,8-9,11,14H,2-3,6-7H2,1H3. The minimum absolute atomic E-state index is 0.135. The summed E-state index contributed by atoms with van der Waals surface area (Å²) in [5, 5.41) is 3.47. The highest BCUT2D eigenvalue weighted by Crippen LogP contribution is 2.24. The summed E-state index contributed by atoms with van der Waals surface area (Å²) in [6.07, 6.45) is 5.07. The van der Waals surface area contributed by atoms with E-state index in [1.54, 1.807) is 6.92 Å². The number of ketones is 1. The van der Waals surface area contributed by atoms with E-state index in [1.165, 1.54) is 25.7 Å². The van der Waals surface area contributed by atoms with Gasteiger partial charge in [-0.3, -0.25) is 4.79 Å². The van der Waals surface area contributed by atoms with E-state index < -0.39 is 0 Å². The fourth-order valence-electron chi connectivity index (χ4n) is 2.21. The first-order valence-electron chi connectivity index (χ1n) is 5.64. The molecule has 0 atom stereocenters. The molecule has 0 heterocycles. The molecule has 1 N–H and O–H groups in total. The molecule has 2 rings (SSSR count). The lowest BCUT2D eigenvalue weighted by Crippen LogP contribution is -2.16. The third-order valence-corrected chi connectivity index (χ3v) is 3.02. The number of anilines is 1. The van der Waals surface area contributed by atoms with Gasteiger partial charge in [0, 0.05) is 17.3 Å². The Labute approximate surface area is 90.7 Å². The van der Waals surface area contributed by atoms with Gasteiger partial charge in [-0.2, -0.15) is 0 Å². The molecule has 2 heteroatoms. The minimum atomic E-state index is 0.135. The maximum absolute atomic E-state index is 11.4. The van der Waals surface area contributed by atoms with Crippen molar-refractivity contribution in [2.24, 2.45) is 0 Å². The molecule has 1 fully saturated rings. The van der Waals surface area contributed by atoms with Gasteiger partial charge in [0.2, 0.25) is 0 Å². The van der Waals surface area contributed by atoms with Crippen LogP contribution in [0.25, 0.3) is 0 Å². The van der Waals surface area contributed by atoms with Crippen LogP contribution < -0.4 is 5.32 Å². The number of carbonyl (C=O) groups is 1. The molecule has 0 radical (unpaired) electrons. The number of para-hydroxylation sites is 1. The second-order valence-electron chi connectivity index (χ2n) is 4.23. The van der Waals surface area contributed by atoms with Crippen molar-refractivity contribution in [1.29, 1.82) is 0 Å². The molecule has 0 unspecified atom stereocenters. The van der Waals surface area contributed by atoms with E-state index in [2.05, 4.69) is 5.32 Å². The lowest BCUT2D eigenvalue weighted by molar-refractivity contribution is 0.101. The second-order valence-corrected chi connectivity index (χ2v) is 4.23. The van der Waals surface area contributed by atoms with Crippen molar-refractivity contribution in [1.82, 2.24) is 0 Å². The number of benzene rings is 1. The van der Waals surface area contributed by atoms with Crippen LogP contribution >= 0.6 is 0 Å². The molecule has 0 bridgehead atoms. The molecule has 0 saturated heterocycles. The lowest BCUT2D eigenvalue weighted by atomic mass is 10.1. The highest BCUT2D eigenvalue weighted by atomic mass is 16.1. The number of nitrogens with one attached hydrogen (secondary N) is 1. The Kier molecular flexibility index (Phi) is 3.05. The van der Waals surface area contributed by atoms with E-state index in [-0.39, 0.29) is 5.78 Å². The van der Waals surface area contributed by atoms with Crippen LogP contribution in [0.3, 0.4) is 0 Å². The van der Waals surface area contributed by atoms with Crippen LogP contribution in [0.2, 0.25) is 0 Å². The van der Waals surface area contributed by atoms with E-state index >= 15 is 0 Å². The number of carbonyl (C=O) groups excluding carboxylic acids is 1. The van der Waals surface area contributed by atoms with E-state index in [0.29, 0.717) is 6.04 Å². The van der Waals surface area contributed by atoms with Crippen molar-refractivity contribution < 1.29 is 4.79 Å². The summed E-state index contributed by atoms with van der Waals surface area (Å²) >= 11 is 0. The van der Waals surface area contributed by atoms with Crippen molar-refractivity contribution in [3.05, 3.63) is 29.8 Å². The van der Waals surface area contributed by atoms with Crippen LogP contribution in [0.15, 0.2) is 24.3 Å². The Morgan fingerprint density at radius 1 is 1.27 bits per heavy atom. The molecule has 1 aromatic carbocycles. The quantitative estimate of drug-likeness (QED) is 0.764. The van der Waals surface area contributed by atoms with E-state index in [1.807, 2.05) is 24.3 Å². The molecule has 1 aromatic rings. The molecule has 80 valence electrons. The largest absolute Gasteiger partial charge is 0.382 e. The maximum atomic E-state index is 11.4. The van der Waals surface area contributed by atoms with Gasteiger partial charge in [-0.1, -0.05) is 25.0 Å². The molecular formula is C13H17NO. The van der Waals surface area contributed by atoms with E-state index in [9.17, 15) is 4.79 Å². The number of rotatable bonds is 3. The molecule has 0 spiro atoms. The average Bonchev–Trinajstić information content (AvgIpc) is 2.71. The Bertz CT molecular complexity index is 353. The number of Topliss-reactive ketones (excluding diaryl/α,β-unsaturated/α-hetero) is 1. The Morgan fingerprint density at radius 2 is 1.93 bits per heavy atom. The normalized spacial score (nSPS) is 16.6. The lowest BCUT2D eigenvalue weighted by Gasteiger charge is -2.15. The van der Waals surface area contributed by atoms with Crippen molar-refractivity contribution >= 4 is 11.5 Å². The SMILES string of the molecule is CC(=O)c1ccccc1NC1CCCC1. The summed E-state index contributed by atoms with van der Waals surface area (Å²) in [5.74, 6) is 0.135. The Balaban J connectivity index is 2.15. The summed E-state index contributed by atoms with van der Waals surface area (Å²) in [7, 11) is 0. The van der Waals surface area contributed by atoms with E-state index in [0.717, 1.165) is 11.3 Å². The highest BCUT2D eigenvalue weighted by molar-refractivity contribution is 5.99. The fraction of sp³-hybridized carbons (Fsp3) is 0.462. The number of hydrogen-bond donors (Lipinski definition) is 1. The monoisotopic (exact) mass is 203 g/mol. The molecule has 1 saturated carbocycles. The zero-order chi connectivity index (χ0) is 10.7. The van der Waals surface area contributed by atoms with Gasteiger partial charge in [0.25, 0.3) is 0 Å². The van der Waals surface area contributed by atoms with Gasteiger partial charge >= 0.3 is 0 Å². The first kappa shape index (κ1) is 10.2. The van der Waals surface area contributed by atoms with Crippen LogP contribution in [0.4, 0.5) is 5.69 Å². The second kappa shape index (κ2) is 4.47. The molecule has 15 heavy (non-hydrogen) atoms. The first-order chi connectivity index (χ1) is 7.27. The predicted octanol–water partition coefficient (Wildman–Crippen LogP) is 3.24. The van der Waals surface area contributed by atoms with Crippen LogP contribution in [-0.2, 0) is 0 Å². The van der Waals surface area contributed by atoms with Crippen LogP contribution in [0.1, 0.15) is 43.0 Å². The van der Waals surface area contributed by atoms with Gasteiger partial charge in [-0.25, -0.2) is 0 Å².